The van der Waals surface area contributed by atoms with Crippen LogP contribution in [0.15, 0.2) is 41.4 Å². The van der Waals surface area contributed by atoms with Crippen LogP contribution in [0.2, 0.25) is 0 Å². The maximum atomic E-state index is 13.1. The standard InChI is InChI=1S/C22H24N2O5S/c1-13(2)14-9-10-15-18(11-14)30-22(24(15)12-19(25)29-5)23-21(26)20-16(27-3)7-6-8-17(20)28-4/h6-11,13H,12H2,1-5H3. The maximum Gasteiger partial charge on any atom is 0.325 e. The molecular formula is C22H24N2O5S. The SMILES string of the molecule is COC(=O)Cn1c(=NC(=O)c2c(OC)cccc2OC)sc2cc(C(C)C)ccc21. The first-order valence-corrected chi connectivity index (χ1v) is 10.2. The fourth-order valence-corrected chi connectivity index (χ4v) is 4.16. The third kappa shape index (κ3) is 4.23. The molecule has 0 fully saturated rings. The zero-order valence-electron chi connectivity index (χ0n) is 17.6. The van der Waals surface area contributed by atoms with Gasteiger partial charge in [-0.15, -0.1) is 0 Å². The van der Waals surface area contributed by atoms with E-state index in [1.54, 1.807) is 22.8 Å². The molecule has 0 N–H and O–H groups in total. The summed E-state index contributed by atoms with van der Waals surface area (Å²) in [6, 6.07) is 11.1. The molecule has 30 heavy (non-hydrogen) atoms. The minimum atomic E-state index is -0.515. The number of methoxy groups -OCH3 is 3. The molecule has 0 spiro atoms. The highest BCUT2D eigenvalue weighted by Gasteiger charge is 2.19. The minimum absolute atomic E-state index is 0.0489. The number of esters is 1. The van der Waals surface area contributed by atoms with Crippen molar-refractivity contribution in [2.45, 2.75) is 26.3 Å². The monoisotopic (exact) mass is 428 g/mol. The zero-order valence-corrected chi connectivity index (χ0v) is 18.4. The van der Waals surface area contributed by atoms with Crippen molar-refractivity contribution in [3.05, 3.63) is 52.3 Å². The molecule has 0 radical (unpaired) electrons. The van der Waals surface area contributed by atoms with Crippen LogP contribution in [0.1, 0.15) is 35.7 Å². The van der Waals surface area contributed by atoms with Gasteiger partial charge in [-0.05, 0) is 35.7 Å². The van der Waals surface area contributed by atoms with E-state index < -0.39 is 11.9 Å². The van der Waals surface area contributed by atoms with E-state index in [1.165, 1.54) is 38.2 Å². The van der Waals surface area contributed by atoms with Gasteiger partial charge in [0, 0.05) is 0 Å². The molecule has 1 amide bonds. The summed E-state index contributed by atoms with van der Waals surface area (Å²) in [5.41, 5.74) is 2.21. The Balaban J connectivity index is 2.21. The molecule has 3 aromatic rings. The number of hydrogen-bond acceptors (Lipinski definition) is 6. The summed E-state index contributed by atoms with van der Waals surface area (Å²) in [4.78, 5) is 29.8. The van der Waals surface area contributed by atoms with E-state index in [0.717, 1.165) is 10.2 Å². The number of hydrogen-bond donors (Lipinski definition) is 0. The third-order valence-electron chi connectivity index (χ3n) is 4.73. The van der Waals surface area contributed by atoms with Crippen LogP contribution in [0.3, 0.4) is 0 Å². The van der Waals surface area contributed by atoms with Gasteiger partial charge in [-0.3, -0.25) is 9.59 Å². The van der Waals surface area contributed by atoms with Crippen molar-refractivity contribution in [3.8, 4) is 11.5 Å². The number of ether oxygens (including phenoxy) is 3. The van der Waals surface area contributed by atoms with Gasteiger partial charge in [0.1, 0.15) is 23.6 Å². The summed E-state index contributed by atoms with van der Waals surface area (Å²) in [5, 5.41) is 0. The zero-order chi connectivity index (χ0) is 21.8. The lowest BCUT2D eigenvalue weighted by Gasteiger charge is -2.10. The van der Waals surface area contributed by atoms with E-state index in [2.05, 4.69) is 24.9 Å². The van der Waals surface area contributed by atoms with Gasteiger partial charge in [0.05, 0.1) is 31.5 Å². The second-order valence-electron chi connectivity index (χ2n) is 6.88. The smallest absolute Gasteiger partial charge is 0.325 e. The fraction of sp³-hybridized carbons (Fsp3) is 0.318. The molecule has 0 aliphatic carbocycles. The number of nitrogens with zero attached hydrogens (tertiary/aromatic N) is 2. The first-order chi connectivity index (χ1) is 14.4. The molecule has 0 aliphatic rings. The number of aromatic nitrogens is 1. The minimum Gasteiger partial charge on any atom is -0.496 e. The highest BCUT2D eigenvalue weighted by Crippen LogP contribution is 2.29. The van der Waals surface area contributed by atoms with Gasteiger partial charge < -0.3 is 18.8 Å². The largest absolute Gasteiger partial charge is 0.496 e. The quantitative estimate of drug-likeness (QED) is 0.559. The number of amides is 1. The van der Waals surface area contributed by atoms with Crippen molar-refractivity contribution < 1.29 is 23.8 Å². The Labute approximate surface area is 178 Å². The summed E-state index contributed by atoms with van der Waals surface area (Å²) >= 11 is 1.34. The van der Waals surface area contributed by atoms with Crippen LogP contribution in [0.5, 0.6) is 11.5 Å². The van der Waals surface area contributed by atoms with Gasteiger partial charge in [0.2, 0.25) is 0 Å². The number of carbonyl (C=O) groups excluding carboxylic acids is 2. The molecule has 1 aromatic heterocycles. The molecule has 0 saturated heterocycles. The number of benzene rings is 2. The van der Waals surface area contributed by atoms with E-state index in [0.29, 0.717) is 22.2 Å². The Hall–Kier alpha value is -3.13. The molecule has 0 bridgehead atoms. The van der Waals surface area contributed by atoms with Crippen LogP contribution in [0.4, 0.5) is 0 Å². The Morgan fingerprint density at radius 2 is 1.73 bits per heavy atom. The van der Waals surface area contributed by atoms with Crippen molar-refractivity contribution in [3.63, 3.8) is 0 Å². The summed E-state index contributed by atoms with van der Waals surface area (Å²) < 4.78 is 18.1. The van der Waals surface area contributed by atoms with Crippen molar-refractivity contribution in [2.75, 3.05) is 21.3 Å². The molecule has 2 aromatic carbocycles. The molecule has 3 rings (SSSR count). The van der Waals surface area contributed by atoms with Crippen molar-refractivity contribution in [1.29, 1.82) is 0 Å². The van der Waals surface area contributed by atoms with Crippen LogP contribution >= 0.6 is 11.3 Å². The van der Waals surface area contributed by atoms with Crippen LogP contribution in [0.25, 0.3) is 10.2 Å². The normalized spacial score (nSPS) is 11.7. The lowest BCUT2D eigenvalue weighted by atomic mass is 10.0. The van der Waals surface area contributed by atoms with Gasteiger partial charge in [-0.1, -0.05) is 37.3 Å². The second-order valence-corrected chi connectivity index (χ2v) is 7.89. The molecule has 158 valence electrons. The molecule has 0 aliphatic heterocycles. The Morgan fingerprint density at radius 3 is 2.30 bits per heavy atom. The molecule has 0 saturated carbocycles. The topological polar surface area (TPSA) is 79.1 Å². The first kappa shape index (κ1) is 21.6. The van der Waals surface area contributed by atoms with Crippen LogP contribution < -0.4 is 14.3 Å². The van der Waals surface area contributed by atoms with Crippen LogP contribution in [-0.2, 0) is 16.1 Å². The van der Waals surface area contributed by atoms with Crippen LogP contribution in [0, 0.1) is 0 Å². The summed E-state index contributed by atoms with van der Waals surface area (Å²) in [5.74, 6) is 0.145. The fourth-order valence-electron chi connectivity index (χ4n) is 3.09. The number of rotatable bonds is 6. The summed E-state index contributed by atoms with van der Waals surface area (Å²) in [6.45, 7) is 4.17. The average Bonchev–Trinajstić information content (AvgIpc) is 3.08. The first-order valence-electron chi connectivity index (χ1n) is 9.39. The van der Waals surface area contributed by atoms with Crippen molar-refractivity contribution in [1.82, 2.24) is 4.57 Å². The lowest BCUT2D eigenvalue weighted by molar-refractivity contribution is -0.141. The lowest BCUT2D eigenvalue weighted by Crippen LogP contribution is -2.22. The van der Waals surface area contributed by atoms with E-state index in [9.17, 15) is 9.59 Å². The van der Waals surface area contributed by atoms with E-state index in [4.69, 9.17) is 14.2 Å². The van der Waals surface area contributed by atoms with Crippen molar-refractivity contribution in [2.24, 2.45) is 4.99 Å². The van der Waals surface area contributed by atoms with Gasteiger partial charge >= 0.3 is 5.97 Å². The number of fused-ring (bicyclic) bond motifs is 1. The van der Waals surface area contributed by atoms with Gasteiger partial charge in [-0.25, -0.2) is 0 Å². The second kappa shape index (κ2) is 9.13. The average molecular weight is 429 g/mol. The molecule has 0 atom stereocenters. The molecule has 7 nitrogen and oxygen atoms in total. The molecule has 8 heteroatoms. The molecule has 0 unspecified atom stereocenters. The van der Waals surface area contributed by atoms with E-state index >= 15 is 0 Å². The molecule has 1 heterocycles. The Bertz CT molecular complexity index is 1140. The van der Waals surface area contributed by atoms with Gasteiger partial charge in [-0.2, -0.15) is 4.99 Å². The summed E-state index contributed by atoms with van der Waals surface area (Å²) in [6.07, 6.45) is 0. The predicted molar refractivity (Wildman–Crippen MR) is 115 cm³/mol. The number of carbonyl (C=O) groups is 2. The van der Waals surface area contributed by atoms with E-state index in [-0.39, 0.29) is 12.1 Å². The highest BCUT2D eigenvalue weighted by atomic mass is 32.1. The summed E-state index contributed by atoms with van der Waals surface area (Å²) in [7, 11) is 4.29. The van der Waals surface area contributed by atoms with Gasteiger partial charge in [0.15, 0.2) is 4.80 Å². The van der Waals surface area contributed by atoms with E-state index in [1.807, 2.05) is 12.1 Å². The Kier molecular flexibility index (Phi) is 6.56. The van der Waals surface area contributed by atoms with Gasteiger partial charge in [0.25, 0.3) is 5.91 Å². The third-order valence-corrected chi connectivity index (χ3v) is 5.77. The number of thiazole rings is 1. The van der Waals surface area contributed by atoms with Crippen LogP contribution in [-0.4, -0.2) is 37.8 Å². The molecular weight excluding hydrogens is 404 g/mol. The van der Waals surface area contributed by atoms with Crippen molar-refractivity contribution >= 4 is 33.4 Å². The highest BCUT2D eigenvalue weighted by molar-refractivity contribution is 7.16. The maximum absolute atomic E-state index is 13.1. The Morgan fingerprint density at radius 1 is 1.07 bits per heavy atom. The predicted octanol–water partition coefficient (Wildman–Crippen LogP) is 3.76.